The Hall–Kier alpha value is -2.26. The van der Waals surface area contributed by atoms with E-state index in [9.17, 15) is 9.90 Å². The van der Waals surface area contributed by atoms with Crippen LogP contribution in [0.3, 0.4) is 0 Å². The summed E-state index contributed by atoms with van der Waals surface area (Å²) in [4.78, 5) is 11.5. The SMILES string of the molecule is Cc1c(C(=O)O)ccc2c1N[C@H](c1cccc(Cl)c1)[C@H]1CC=C[C@H]21. The predicted octanol–water partition coefficient (Wildman–Crippen LogP) is 5.17. The topological polar surface area (TPSA) is 49.3 Å². The Bertz CT molecular complexity index is 859. The van der Waals surface area contributed by atoms with Crippen molar-refractivity contribution < 1.29 is 9.90 Å². The average molecular weight is 340 g/mol. The first kappa shape index (κ1) is 15.3. The van der Waals surface area contributed by atoms with Gasteiger partial charge in [0.2, 0.25) is 0 Å². The van der Waals surface area contributed by atoms with Crippen LogP contribution < -0.4 is 5.32 Å². The standard InChI is InChI=1S/C20H18ClNO2/c1-11-14(20(23)24)8-9-17-15-6-3-7-16(15)19(22-18(11)17)12-4-2-5-13(21)10-12/h2-6,8-10,15-16,19,22H,7H2,1H3,(H,23,24)/t15-,16-,19+/m0/s1. The highest BCUT2D eigenvalue weighted by molar-refractivity contribution is 6.30. The van der Waals surface area contributed by atoms with Crippen molar-refractivity contribution in [3.05, 3.63) is 75.8 Å². The zero-order chi connectivity index (χ0) is 16.8. The van der Waals surface area contributed by atoms with Crippen molar-refractivity contribution in [1.82, 2.24) is 0 Å². The molecule has 2 aliphatic rings. The van der Waals surface area contributed by atoms with Crippen LogP contribution >= 0.6 is 11.6 Å². The van der Waals surface area contributed by atoms with Gasteiger partial charge in [0.25, 0.3) is 0 Å². The third-order valence-electron chi connectivity index (χ3n) is 5.24. The molecule has 0 radical (unpaired) electrons. The molecule has 122 valence electrons. The van der Waals surface area contributed by atoms with Crippen LogP contribution in [0.15, 0.2) is 48.6 Å². The number of rotatable bonds is 2. The Kier molecular flexibility index (Phi) is 3.61. The molecule has 1 aliphatic carbocycles. The number of carboxylic acid groups (broad SMARTS) is 1. The van der Waals surface area contributed by atoms with Gasteiger partial charge < -0.3 is 10.4 Å². The van der Waals surface area contributed by atoms with Crippen LogP contribution in [0.4, 0.5) is 5.69 Å². The highest BCUT2D eigenvalue weighted by atomic mass is 35.5. The van der Waals surface area contributed by atoms with Crippen molar-refractivity contribution in [3.8, 4) is 0 Å². The number of carbonyl (C=O) groups is 1. The van der Waals surface area contributed by atoms with Gasteiger partial charge in [-0.2, -0.15) is 0 Å². The van der Waals surface area contributed by atoms with Gasteiger partial charge in [0.15, 0.2) is 0 Å². The van der Waals surface area contributed by atoms with E-state index in [1.165, 1.54) is 5.56 Å². The van der Waals surface area contributed by atoms with Crippen LogP contribution in [0, 0.1) is 12.8 Å². The van der Waals surface area contributed by atoms with Gasteiger partial charge in [-0.05, 0) is 54.2 Å². The van der Waals surface area contributed by atoms with Gasteiger partial charge in [0.05, 0.1) is 11.6 Å². The molecular formula is C20H18ClNO2. The molecule has 1 heterocycles. The molecule has 0 bridgehead atoms. The molecule has 3 nitrogen and oxygen atoms in total. The second-order valence-corrected chi connectivity index (χ2v) is 6.97. The Morgan fingerprint density at radius 3 is 2.88 bits per heavy atom. The normalized spacial score (nSPS) is 24.2. The Morgan fingerprint density at radius 1 is 1.29 bits per heavy atom. The summed E-state index contributed by atoms with van der Waals surface area (Å²) in [5.74, 6) is -0.154. The van der Waals surface area contributed by atoms with Crippen LogP contribution in [-0.2, 0) is 0 Å². The average Bonchev–Trinajstić information content (AvgIpc) is 3.04. The number of anilines is 1. The van der Waals surface area contributed by atoms with Crippen molar-refractivity contribution in [3.63, 3.8) is 0 Å². The van der Waals surface area contributed by atoms with Gasteiger partial charge >= 0.3 is 5.97 Å². The minimum absolute atomic E-state index is 0.124. The molecule has 4 heteroatoms. The summed E-state index contributed by atoms with van der Waals surface area (Å²) in [5.41, 5.74) is 4.44. The lowest BCUT2D eigenvalue weighted by molar-refractivity contribution is 0.0696. The predicted molar refractivity (Wildman–Crippen MR) is 95.9 cm³/mol. The van der Waals surface area contributed by atoms with E-state index in [1.807, 2.05) is 31.2 Å². The number of fused-ring (bicyclic) bond motifs is 3. The van der Waals surface area contributed by atoms with E-state index in [2.05, 4.69) is 23.5 Å². The molecule has 0 spiro atoms. The summed E-state index contributed by atoms with van der Waals surface area (Å²) >= 11 is 6.18. The van der Waals surface area contributed by atoms with Gasteiger partial charge in [0.1, 0.15) is 0 Å². The molecule has 2 aromatic rings. The molecule has 1 aliphatic heterocycles. The Labute approximate surface area is 146 Å². The molecule has 2 N–H and O–H groups in total. The number of carboxylic acids is 1. The first-order valence-electron chi connectivity index (χ1n) is 8.11. The number of nitrogens with one attached hydrogen (secondary N) is 1. The molecule has 4 rings (SSSR count). The van der Waals surface area contributed by atoms with E-state index in [4.69, 9.17) is 11.6 Å². The smallest absolute Gasteiger partial charge is 0.336 e. The molecule has 0 amide bonds. The fourth-order valence-electron chi connectivity index (χ4n) is 4.08. The highest BCUT2D eigenvalue weighted by Crippen LogP contribution is 2.51. The van der Waals surface area contributed by atoms with Gasteiger partial charge in [-0.1, -0.05) is 42.0 Å². The summed E-state index contributed by atoms with van der Waals surface area (Å²) in [7, 11) is 0. The van der Waals surface area contributed by atoms with Crippen LogP contribution in [0.2, 0.25) is 5.02 Å². The molecule has 0 fully saturated rings. The summed E-state index contributed by atoms with van der Waals surface area (Å²) < 4.78 is 0. The number of benzene rings is 2. The number of hydrogen-bond donors (Lipinski definition) is 2. The van der Waals surface area contributed by atoms with Gasteiger partial charge in [-0.25, -0.2) is 4.79 Å². The second-order valence-electron chi connectivity index (χ2n) is 6.54. The Morgan fingerprint density at radius 2 is 2.12 bits per heavy atom. The second kappa shape index (κ2) is 5.67. The lowest BCUT2D eigenvalue weighted by Crippen LogP contribution is -2.30. The minimum Gasteiger partial charge on any atom is -0.478 e. The fourth-order valence-corrected chi connectivity index (χ4v) is 4.27. The van der Waals surface area contributed by atoms with Crippen LogP contribution in [0.1, 0.15) is 45.4 Å². The zero-order valence-electron chi connectivity index (χ0n) is 13.3. The molecule has 3 atom stereocenters. The maximum Gasteiger partial charge on any atom is 0.336 e. The third-order valence-corrected chi connectivity index (χ3v) is 5.47. The first-order valence-corrected chi connectivity index (χ1v) is 8.49. The number of aromatic carboxylic acids is 1. The summed E-state index contributed by atoms with van der Waals surface area (Å²) in [5, 5.41) is 13.7. The van der Waals surface area contributed by atoms with Gasteiger partial charge in [-0.3, -0.25) is 0 Å². The van der Waals surface area contributed by atoms with Crippen LogP contribution in [0.5, 0.6) is 0 Å². The van der Waals surface area contributed by atoms with E-state index in [0.717, 1.165) is 28.3 Å². The quantitative estimate of drug-likeness (QED) is 0.742. The fraction of sp³-hybridized carbons (Fsp3) is 0.250. The largest absolute Gasteiger partial charge is 0.478 e. The van der Waals surface area contributed by atoms with Crippen molar-refractivity contribution in [2.75, 3.05) is 5.32 Å². The molecule has 24 heavy (non-hydrogen) atoms. The zero-order valence-corrected chi connectivity index (χ0v) is 14.0. The van der Waals surface area contributed by atoms with Crippen LogP contribution in [0.25, 0.3) is 0 Å². The third kappa shape index (κ3) is 2.31. The van der Waals surface area contributed by atoms with E-state index >= 15 is 0 Å². The lowest BCUT2D eigenvalue weighted by Gasteiger charge is -2.38. The lowest BCUT2D eigenvalue weighted by atomic mass is 9.76. The van der Waals surface area contributed by atoms with Crippen molar-refractivity contribution in [2.45, 2.75) is 25.3 Å². The molecule has 2 aromatic carbocycles. The van der Waals surface area contributed by atoms with Gasteiger partial charge in [-0.15, -0.1) is 0 Å². The first-order chi connectivity index (χ1) is 11.6. The monoisotopic (exact) mass is 339 g/mol. The van der Waals surface area contributed by atoms with E-state index < -0.39 is 5.97 Å². The number of halogens is 1. The molecule has 0 aromatic heterocycles. The molecule has 0 saturated carbocycles. The molecular weight excluding hydrogens is 322 g/mol. The number of hydrogen-bond acceptors (Lipinski definition) is 2. The molecule has 0 saturated heterocycles. The minimum atomic E-state index is -0.888. The van der Waals surface area contributed by atoms with E-state index in [0.29, 0.717) is 17.4 Å². The van der Waals surface area contributed by atoms with Gasteiger partial charge in [0, 0.05) is 16.6 Å². The van der Waals surface area contributed by atoms with Crippen molar-refractivity contribution in [2.24, 2.45) is 5.92 Å². The Balaban J connectivity index is 1.85. The van der Waals surface area contributed by atoms with E-state index in [-0.39, 0.29) is 6.04 Å². The highest BCUT2D eigenvalue weighted by Gasteiger charge is 2.38. The summed E-state index contributed by atoms with van der Waals surface area (Å²) in [6, 6.07) is 11.7. The molecule has 0 unspecified atom stereocenters. The maximum absolute atomic E-state index is 11.5. The van der Waals surface area contributed by atoms with Crippen LogP contribution in [-0.4, -0.2) is 11.1 Å². The summed E-state index contributed by atoms with van der Waals surface area (Å²) in [6.45, 7) is 1.88. The number of allylic oxidation sites excluding steroid dienone is 2. The van der Waals surface area contributed by atoms with Crippen molar-refractivity contribution in [1.29, 1.82) is 0 Å². The van der Waals surface area contributed by atoms with Crippen molar-refractivity contribution >= 4 is 23.3 Å². The summed E-state index contributed by atoms with van der Waals surface area (Å²) in [6.07, 6.45) is 5.49. The maximum atomic E-state index is 11.5. The van der Waals surface area contributed by atoms with E-state index in [1.54, 1.807) is 6.07 Å².